The molecule has 0 bridgehead atoms. The lowest BCUT2D eigenvalue weighted by Gasteiger charge is -2.31. The number of phenols is 3. The summed E-state index contributed by atoms with van der Waals surface area (Å²) in [6.07, 6.45) is 0.758. The molecule has 3 aromatic carbocycles. The summed E-state index contributed by atoms with van der Waals surface area (Å²) in [5, 5.41) is 44.6. The Kier molecular flexibility index (Phi) is 5.97. The first-order valence-electron chi connectivity index (χ1n) is 8.10. The molecule has 1 aliphatic carbocycles. The first kappa shape index (κ1) is 21.2. The van der Waals surface area contributed by atoms with Crippen LogP contribution in [0.25, 0.3) is 14.4 Å². The molecule has 0 saturated heterocycles. The summed E-state index contributed by atoms with van der Waals surface area (Å²) >= 11 is 8.54. The van der Waals surface area contributed by atoms with Gasteiger partial charge in [-0.1, -0.05) is 0 Å². The summed E-state index contributed by atoms with van der Waals surface area (Å²) < 4.78 is 3.37. The quantitative estimate of drug-likeness (QED) is 0.226. The molecule has 3 aromatic rings. The van der Waals surface area contributed by atoms with Gasteiger partial charge in [0, 0.05) is 42.1 Å². The SMILES string of the molecule is Oc1cc(I)cc2c1[C@@H](c1c(O)cc(I)c3cc(I)cc(O)c13)C(O)C=C2I. The Morgan fingerprint density at radius 2 is 1.32 bits per heavy atom. The van der Waals surface area contributed by atoms with Crippen LogP contribution in [-0.4, -0.2) is 26.5 Å². The van der Waals surface area contributed by atoms with Crippen LogP contribution in [0.15, 0.2) is 36.4 Å². The Bertz CT molecular complexity index is 1170. The van der Waals surface area contributed by atoms with E-state index >= 15 is 0 Å². The Balaban J connectivity index is 2.13. The molecule has 0 aromatic heterocycles. The lowest BCUT2D eigenvalue weighted by atomic mass is 9.78. The minimum atomic E-state index is -0.960. The lowest BCUT2D eigenvalue weighted by Crippen LogP contribution is -2.23. The normalized spacial score (nSPS) is 18.8. The van der Waals surface area contributed by atoms with E-state index in [9.17, 15) is 20.4 Å². The molecule has 144 valence electrons. The van der Waals surface area contributed by atoms with Gasteiger partial charge in [-0.05, 0) is 132 Å². The van der Waals surface area contributed by atoms with E-state index in [2.05, 4.69) is 90.4 Å². The molecule has 1 aliphatic rings. The lowest BCUT2D eigenvalue weighted by molar-refractivity contribution is 0.200. The van der Waals surface area contributed by atoms with Crippen LogP contribution in [0.2, 0.25) is 0 Å². The van der Waals surface area contributed by atoms with Crippen LogP contribution >= 0.6 is 90.4 Å². The van der Waals surface area contributed by atoms with Gasteiger partial charge in [-0.15, -0.1) is 0 Å². The van der Waals surface area contributed by atoms with Gasteiger partial charge in [-0.2, -0.15) is 0 Å². The van der Waals surface area contributed by atoms with Crippen molar-refractivity contribution in [3.8, 4) is 17.2 Å². The van der Waals surface area contributed by atoms with Crippen LogP contribution < -0.4 is 0 Å². The maximum absolute atomic E-state index is 10.9. The molecule has 0 saturated carbocycles. The number of aliphatic hydroxyl groups is 1. The first-order chi connectivity index (χ1) is 13.2. The summed E-state index contributed by atoms with van der Waals surface area (Å²) in [5.74, 6) is -0.638. The van der Waals surface area contributed by atoms with E-state index in [-0.39, 0.29) is 17.2 Å². The molecule has 0 heterocycles. The largest absolute Gasteiger partial charge is 0.508 e. The summed E-state index contributed by atoms with van der Waals surface area (Å²) in [4.78, 5) is 0. The van der Waals surface area contributed by atoms with Crippen LogP contribution in [-0.2, 0) is 0 Å². The average molecular weight is 824 g/mol. The van der Waals surface area contributed by atoms with Gasteiger partial charge in [-0.25, -0.2) is 0 Å². The molecule has 28 heavy (non-hydrogen) atoms. The number of aliphatic hydroxyl groups excluding tert-OH is 1. The van der Waals surface area contributed by atoms with Gasteiger partial charge in [0.15, 0.2) is 0 Å². The zero-order valence-corrected chi connectivity index (χ0v) is 22.5. The second-order valence-corrected chi connectivity index (χ2v) is 11.3. The smallest absolute Gasteiger partial charge is 0.124 e. The highest BCUT2D eigenvalue weighted by molar-refractivity contribution is 14.1. The maximum atomic E-state index is 10.9. The number of halogens is 4. The van der Waals surface area contributed by atoms with Crippen LogP contribution in [0.1, 0.15) is 22.6 Å². The maximum Gasteiger partial charge on any atom is 0.124 e. The highest BCUT2D eigenvalue weighted by Crippen LogP contribution is 2.51. The van der Waals surface area contributed by atoms with Gasteiger partial charge in [0.25, 0.3) is 0 Å². The Morgan fingerprint density at radius 1 is 0.714 bits per heavy atom. The van der Waals surface area contributed by atoms with Crippen LogP contribution in [0.3, 0.4) is 0 Å². The minimum absolute atomic E-state index is 0.0216. The van der Waals surface area contributed by atoms with Gasteiger partial charge in [-0.3, -0.25) is 0 Å². The number of hydrogen-bond donors (Lipinski definition) is 4. The molecular formula is C20H12I4O4. The topological polar surface area (TPSA) is 80.9 Å². The summed E-state index contributed by atoms with van der Waals surface area (Å²) in [6.45, 7) is 0. The van der Waals surface area contributed by atoms with E-state index in [1.54, 1.807) is 24.3 Å². The number of hydrogen-bond acceptors (Lipinski definition) is 4. The van der Waals surface area contributed by atoms with Crippen molar-refractivity contribution in [1.29, 1.82) is 0 Å². The fraction of sp³-hybridized carbons (Fsp3) is 0.100. The third-order valence-electron chi connectivity index (χ3n) is 4.81. The summed E-state index contributed by atoms with van der Waals surface area (Å²) in [6, 6.07) is 8.78. The third-order valence-corrected chi connectivity index (χ3v) is 7.89. The standard InChI is InChI=1S/C20H12I4O4/c21-7-1-9-11(23)5-15(27)19(17(9)13(25)3-7)20-16(28)6-12(24)10-2-8(22)4-14(26)18(10)20/h1-6,15,19,25-28H/t15?,19-/m0/s1. The van der Waals surface area contributed by atoms with E-state index in [1.165, 1.54) is 0 Å². The average Bonchev–Trinajstić information content (AvgIpc) is 2.58. The molecule has 0 aliphatic heterocycles. The molecule has 4 N–H and O–H groups in total. The van der Waals surface area contributed by atoms with Crippen LogP contribution in [0.5, 0.6) is 17.2 Å². The number of rotatable bonds is 1. The Hall–Kier alpha value is -0.0600. The Morgan fingerprint density at radius 3 is 2.04 bits per heavy atom. The predicted molar refractivity (Wildman–Crippen MR) is 143 cm³/mol. The molecule has 0 radical (unpaired) electrons. The zero-order valence-electron chi connectivity index (χ0n) is 13.9. The molecule has 0 fully saturated rings. The van der Waals surface area contributed by atoms with Gasteiger partial charge in [0.2, 0.25) is 0 Å². The van der Waals surface area contributed by atoms with E-state index in [4.69, 9.17) is 0 Å². The fourth-order valence-corrected chi connectivity index (χ4v) is 6.48. The fourth-order valence-electron chi connectivity index (χ4n) is 3.73. The predicted octanol–water partition coefficient (Wildman–Crippen LogP) is 6.05. The number of phenolic OH excluding ortho intramolecular Hbond substituents is 3. The van der Waals surface area contributed by atoms with E-state index in [1.807, 2.05) is 12.1 Å². The van der Waals surface area contributed by atoms with Crippen molar-refractivity contribution in [3.05, 3.63) is 63.8 Å². The molecule has 0 amide bonds. The minimum Gasteiger partial charge on any atom is -0.508 e. The van der Waals surface area contributed by atoms with Crippen molar-refractivity contribution >= 4 is 105 Å². The van der Waals surface area contributed by atoms with Crippen molar-refractivity contribution in [2.45, 2.75) is 12.0 Å². The number of aromatic hydroxyl groups is 3. The first-order valence-corrected chi connectivity index (χ1v) is 12.4. The van der Waals surface area contributed by atoms with Crippen molar-refractivity contribution in [2.24, 2.45) is 0 Å². The van der Waals surface area contributed by atoms with Crippen molar-refractivity contribution < 1.29 is 20.4 Å². The highest BCUT2D eigenvalue weighted by atomic mass is 127. The molecule has 4 rings (SSSR count). The molecular weight excluding hydrogens is 812 g/mol. The monoisotopic (exact) mass is 824 g/mol. The number of benzene rings is 3. The number of fused-ring (bicyclic) bond motifs is 2. The summed E-state index contributed by atoms with van der Waals surface area (Å²) in [7, 11) is 0. The Labute approximate surface area is 215 Å². The van der Waals surface area contributed by atoms with E-state index in [0.717, 1.165) is 25.2 Å². The zero-order chi connectivity index (χ0) is 20.3. The molecule has 0 spiro atoms. The van der Waals surface area contributed by atoms with Crippen molar-refractivity contribution in [1.82, 2.24) is 0 Å². The van der Waals surface area contributed by atoms with Crippen LogP contribution in [0, 0.1) is 10.7 Å². The van der Waals surface area contributed by atoms with Gasteiger partial charge in [0.1, 0.15) is 17.2 Å². The molecule has 4 nitrogen and oxygen atoms in total. The molecule has 1 unspecified atom stereocenters. The molecule has 2 atom stereocenters. The van der Waals surface area contributed by atoms with E-state index in [0.29, 0.717) is 16.5 Å². The van der Waals surface area contributed by atoms with Gasteiger partial charge in [0.05, 0.1) is 6.10 Å². The van der Waals surface area contributed by atoms with E-state index < -0.39 is 12.0 Å². The highest BCUT2D eigenvalue weighted by Gasteiger charge is 2.35. The second-order valence-electron chi connectivity index (χ2n) is 6.51. The van der Waals surface area contributed by atoms with Gasteiger partial charge < -0.3 is 20.4 Å². The van der Waals surface area contributed by atoms with Crippen molar-refractivity contribution in [3.63, 3.8) is 0 Å². The van der Waals surface area contributed by atoms with Crippen molar-refractivity contribution in [2.75, 3.05) is 0 Å². The van der Waals surface area contributed by atoms with Gasteiger partial charge >= 0.3 is 0 Å². The van der Waals surface area contributed by atoms with Crippen LogP contribution in [0.4, 0.5) is 0 Å². The summed E-state index contributed by atoms with van der Waals surface area (Å²) in [5.41, 5.74) is 1.78. The second kappa shape index (κ2) is 7.89. The molecule has 8 heteroatoms. The third kappa shape index (κ3) is 3.50.